The summed E-state index contributed by atoms with van der Waals surface area (Å²) in [4.78, 5) is 1.20. The lowest BCUT2D eigenvalue weighted by molar-refractivity contribution is 0.426. The standard InChI is InChI=1S/C14H18N2O2S2/c1-3-16(10-12-5-4-8-19-12)20(17,18)14-7-6-11(2)9-13(14)15/h4-9H,3,10,15H2,1-2H3. The highest BCUT2D eigenvalue weighted by Crippen LogP contribution is 2.25. The molecule has 0 radical (unpaired) electrons. The molecule has 1 aromatic carbocycles. The van der Waals surface area contributed by atoms with Crippen LogP contribution in [0.15, 0.2) is 40.6 Å². The van der Waals surface area contributed by atoms with Crippen molar-refractivity contribution in [2.24, 2.45) is 0 Å². The van der Waals surface area contributed by atoms with Crippen molar-refractivity contribution in [3.05, 3.63) is 46.2 Å². The second kappa shape index (κ2) is 5.95. The van der Waals surface area contributed by atoms with E-state index in [2.05, 4.69) is 0 Å². The summed E-state index contributed by atoms with van der Waals surface area (Å²) in [5.74, 6) is 0. The molecule has 0 unspecified atom stereocenters. The predicted octanol–water partition coefficient (Wildman–Crippen LogP) is 2.85. The fraction of sp³-hybridized carbons (Fsp3) is 0.286. The van der Waals surface area contributed by atoms with Crippen molar-refractivity contribution in [1.82, 2.24) is 4.31 Å². The van der Waals surface area contributed by atoms with Crippen LogP contribution in [0.4, 0.5) is 5.69 Å². The molecule has 6 heteroatoms. The SMILES string of the molecule is CCN(Cc1cccs1)S(=O)(=O)c1ccc(C)cc1N. The van der Waals surface area contributed by atoms with Gasteiger partial charge in [-0.1, -0.05) is 19.1 Å². The maximum absolute atomic E-state index is 12.7. The summed E-state index contributed by atoms with van der Waals surface area (Å²) in [5, 5.41) is 1.94. The third kappa shape index (κ3) is 3.03. The minimum Gasteiger partial charge on any atom is -0.398 e. The Hall–Kier alpha value is -1.37. The number of nitrogens with two attached hydrogens (primary N) is 1. The summed E-state index contributed by atoms with van der Waals surface area (Å²) in [6, 6.07) is 8.88. The number of hydrogen-bond acceptors (Lipinski definition) is 4. The molecule has 20 heavy (non-hydrogen) atoms. The Bertz CT molecular complexity index is 679. The Kier molecular flexibility index (Phi) is 4.47. The third-order valence-electron chi connectivity index (χ3n) is 3.05. The van der Waals surface area contributed by atoms with Crippen LogP contribution < -0.4 is 5.73 Å². The minimum atomic E-state index is -3.56. The number of rotatable bonds is 5. The molecule has 1 aromatic heterocycles. The van der Waals surface area contributed by atoms with Crippen molar-refractivity contribution in [3.8, 4) is 0 Å². The van der Waals surface area contributed by atoms with Crippen molar-refractivity contribution in [3.63, 3.8) is 0 Å². The molecular formula is C14H18N2O2S2. The van der Waals surface area contributed by atoms with Crippen molar-refractivity contribution >= 4 is 27.0 Å². The van der Waals surface area contributed by atoms with Gasteiger partial charge in [0.25, 0.3) is 0 Å². The lowest BCUT2D eigenvalue weighted by atomic mass is 10.2. The van der Waals surface area contributed by atoms with Crippen LogP contribution in [-0.4, -0.2) is 19.3 Å². The topological polar surface area (TPSA) is 63.4 Å². The molecule has 2 N–H and O–H groups in total. The second-order valence-corrected chi connectivity index (χ2v) is 7.49. The molecule has 0 fully saturated rings. The molecular weight excluding hydrogens is 292 g/mol. The molecule has 4 nitrogen and oxygen atoms in total. The molecule has 108 valence electrons. The number of benzene rings is 1. The van der Waals surface area contributed by atoms with Gasteiger partial charge in [0.2, 0.25) is 10.0 Å². The fourth-order valence-corrected chi connectivity index (χ4v) is 4.31. The molecule has 0 saturated carbocycles. The lowest BCUT2D eigenvalue weighted by Gasteiger charge is -2.21. The number of nitrogens with zero attached hydrogens (tertiary/aromatic N) is 1. The molecule has 0 aliphatic heterocycles. The molecule has 0 amide bonds. The van der Waals surface area contributed by atoms with E-state index in [1.54, 1.807) is 29.5 Å². The smallest absolute Gasteiger partial charge is 0.245 e. The number of anilines is 1. The van der Waals surface area contributed by atoms with Crippen LogP contribution >= 0.6 is 11.3 Å². The van der Waals surface area contributed by atoms with Crippen molar-refractivity contribution in [2.45, 2.75) is 25.3 Å². The zero-order chi connectivity index (χ0) is 14.8. The van der Waals surface area contributed by atoms with Gasteiger partial charge in [-0.25, -0.2) is 8.42 Å². The number of nitrogen functional groups attached to an aromatic ring is 1. The van der Waals surface area contributed by atoms with E-state index >= 15 is 0 Å². The van der Waals surface area contributed by atoms with Gasteiger partial charge in [-0.05, 0) is 36.1 Å². The monoisotopic (exact) mass is 310 g/mol. The fourth-order valence-electron chi connectivity index (χ4n) is 1.98. The average Bonchev–Trinajstić information content (AvgIpc) is 2.88. The van der Waals surface area contributed by atoms with Gasteiger partial charge in [-0.15, -0.1) is 11.3 Å². The van der Waals surface area contributed by atoms with E-state index in [9.17, 15) is 8.42 Å². The van der Waals surface area contributed by atoms with E-state index in [-0.39, 0.29) is 4.90 Å². The Labute approximate surface area is 123 Å². The maximum Gasteiger partial charge on any atom is 0.245 e. The molecule has 2 rings (SSSR count). The van der Waals surface area contributed by atoms with Crippen LogP contribution in [0.5, 0.6) is 0 Å². The van der Waals surface area contributed by atoms with Crippen molar-refractivity contribution < 1.29 is 8.42 Å². The van der Waals surface area contributed by atoms with Crippen LogP contribution in [0.25, 0.3) is 0 Å². The quantitative estimate of drug-likeness (QED) is 0.864. The highest BCUT2D eigenvalue weighted by Gasteiger charge is 2.25. The summed E-state index contributed by atoms with van der Waals surface area (Å²) in [6.07, 6.45) is 0. The normalized spacial score (nSPS) is 11.9. The first-order chi connectivity index (χ1) is 9.45. The number of sulfonamides is 1. The highest BCUT2D eigenvalue weighted by molar-refractivity contribution is 7.89. The summed E-state index contributed by atoms with van der Waals surface area (Å²) in [5.41, 5.74) is 7.12. The lowest BCUT2D eigenvalue weighted by Crippen LogP contribution is -2.30. The first kappa shape index (κ1) is 15.0. The summed E-state index contributed by atoms with van der Waals surface area (Å²) in [7, 11) is -3.56. The molecule has 0 aliphatic rings. The molecule has 0 atom stereocenters. The zero-order valence-corrected chi connectivity index (χ0v) is 13.2. The second-order valence-electron chi connectivity index (χ2n) is 4.55. The Morgan fingerprint density at radius 1 is 1.30 bits per heavy atom. The van der Waals surface area contributed by atoms with Gasteiger partial charge in [-0.2, -0.15) is 4.31 Å². The molecule has 0 saturated heterocycles. The number of aryl methyl sites for hydroxylation is 1. The van der Waals surface area contributed by atoms with E-state index in [1.165, 1.54) is 4.31 Å². The summed E-state index contributed by atoms with van der Waals surface area (Å²) < 4.78 is 26.8. The average molecular weight is 310 g/mol. The Morgan fingerprint density at radius 2 is 2.05 bits per heavy atom. The van der Waals surface area contributed by atoms with Gasteiger partial charge >= 0.3 is 0 Å². The highest BCUT2D eigenvalue weighted by atomic mass is 32.2. The summed E-state index contributed by atoms with van der Waals surface area (Å²) >= 11 is 1.55. The molecule has 1 heterocycles. The Balaban J connectivity index is 2.36. The van der Waals surface area contributed by atoms with Crippen molar-refractivity contribution in [2.75, 3.05) is 12.3 Å². The van der Waals surface area contributed by atoms with Crippen molar-refractivity contribution in [1.29, 1.82) is 0 Å². The third-order valence-corrected chi connectivity index (χ3v) is 5.90. The van der Waals surface area contributed by atoms with Gasteiger partial charge in [0, 0.05) is 18.0 Å². The first-order valence-electron chi connectivity index (χ1n) is 6.34. The zero-order valence-electron chi connectivity index (χ0n) is 11.5. The van der Waals surface area contributed by atoms with E-state index in [0.717, 1.165) is 10.4 Å². The van der Waals surface area contributed by atoms with Gasteiger partial charge < -0.3 is 5.73 Å². The first-order valence-corrected chi connectivity index (χ1v) is 8.65. The minimum absolute atomic E-state index is 0.182. The molecule has 0 spiro atoms. The van der Waals surface area contributed by atoms with E-state index < -0.39 is 10.0 Å². The van der Waals surface area contributed by atoms with E-state index in [0.29, 0.717) is 18.8 Å². The predicted molar refractivity (Wildman–Crippen MR) is 83.2 cm³/mol. The van der Waals surface area contributed by atoms with Gasteiger partial charge in [0.1, 0.15) is 4.90 Å². The van der Waals surface area contributed by atoms with Gasteiger partial charge in [0.15, 0.2) is 0 Å². The molecule has 2 aromatic rings. The van der Waals surface area contributed by atoms with E-state index in [1.807, 2.05) is 31.4 Å². The number of hydrogen-bond donors (Lipinski definition) is 1. The number of thiophene rings is 1. The van der Waals surface area contributed by atoms with Crippen LogP contribution in [0.3, 0.4) is 0 Å². The Morgan fingerprint density at radius 3 is 2.60 bits per heavy atom. The summed E-state index contributed by atoms with van der Waals surface area (Å²) in [6.45, 7) is 4.50. The molecule has 0 bridgehead atoms. The van der Waals surface area contributed by atoms with Crippen LogP contribution in [-0.2, 0) is 16.6 Å². The van der Waals surface area contributed by atoms with Gasteiger partial charge in [0.05, 0.1) is 5.69 Å². The maximum atomic E-state index is 12.7. The van der Waals surface area contributed by atoms with E-state index in [4.69, 9.17) is 5.73 Å². The van der Waals surface area contributed by atoms with Gasteiger partial charge in [-0.3, -0.25) is 0 Å². The largest absolute Gasteiger partial charge is 0.398 e. The van der Waals surface area contributed by atoms with Crippen LogP contribution in [0.2, 0.25) is 0 Å². The molecule has 0 aliphatic carbocycles. The van der Waals surface area contributed by atoms with Crippen LogP contribution in [0, 0.1) is 6.92 Å². The van der Waals surface area contributed by atoms with Crippen LogP contribution in [0.1, 0.15) is 17.4 Å².